The van der Waals surface area contributed by atoms with Crippen LogP contribution in [0.5, 0.6) is 0 Å². The number of rotatable bonds is 3. The maximum absolute atomic E-state index is 12.9. The highest BCUT2D eigenvalue weighted by Crippen LogP contribution is 2.31. The summed E-state index contributed by atoms with van der Waals surface area (Å²) in [6.07, 6.45) is -3.44. The molecule has 0 radical (unpaired) electrons. The molecule has 0 bridgehead atoms. The van der Waals surface area contributed by atoms with Crippen molar-refractivity contribution in [3.05, 3.63) is 65.2 Å². The Balaban J connectivity index is 1.31. The SMILES string of the molecule is O=C(C[NH+]1CCN(c2cccc(C(F)(F)F)c2)CC1)N1CCc2ccccc2C1. The zero-order valence-electron chi connectivity index (χ0n) is 16.2. The molecule has 1 fully saturated rings. The van der Waals surface area contributed by atoms with Crippen molar-refractivity contribution >= 4 is 11.6 Å². The standard InChI is InChI=1S/C22H24F3N3O/c23-22(24,25)19-6-3-7-20(14-19)27-12-10-26(11-13-27)16-21(29)28-9-8-17-4-1-2-5-18(17)15-28/h1-7,14H,8-13,15-16H2/p+1. The van der Waals surface area contributed by atoms with Gasteiger partial charge in [-0.1, -0.05) is 30.3 Å². The fourth-order valence-electron chi connectivity index (χ4n) is 4.17. The number of hydrogen-bond acceptors (Lipinski definition) is 2. The molecule has 2 heterocycles. The molecule has 2 aliphatic heterocycles. The van der Waals surface area contributed by atoms with Crippen molar-refractivity contribution in [1.29, 1.82) is 0 Å². The van der Waals surface area contributed by atoms with Gasteiger partial charge in [-0.2, -0.15) is 13.2 Å². The summed E-state index contributed by atoms with van der Waals surface area (Å²) in [7, 11) is 0. The summed E-state index contributed by atoms with van der Waals surface area (Å²) < 4.78 is 38.8. The van der Waals surface area contributed by atoms with Crippen molar-refractivity contribution in [2.75, 3.05) is 44.2 Å². The lowest BCUT2D eigenvalue weighted by Gasteiger charge is -2.35. The lowest BCUT2D eigenvalue weighted by atomic mass is 10.00. The van der Waals surface area contributed by atoms with Gasteiger partial charge in [-0.05, 0) is 35.7 Å². The van der Waals surface area contributed by atoms with Crippen molar-refractivity contribution in [1.82, 2.24) is 4.90 Å². The average Bonchev–Trinajstić information content (AvgIpc) is 2.73. The third kappa shape index (κ3) is 4.56. The van der Waals surface area contributed by atoms with Crippen LogP contribution in [0.15, 0.2) is 48.5 Å². The summed E-state index contributed by atoms with van der Waals surface area (Å²) in [5, 5.41) is 0. The van der Waals surface area contributed by atoms with Crippen LogP contribution in [0.1, 0.15) is 16.7 Å². The number of piperazine rings is 1. The van der Waals surface area contributed by atoms with E-state index in [1.165, 1.54) is 28.2 Å². The van der Waals surface area contributed by atoms with E-state index in [0.717, 1.165) is 32.1 Å². The highest BCUT2D eigenvalue weighted by molar-refractivity contribution is 5.77. The molecule has 2 aliphatic rings. The minimum absolute atomic E-state index is 0.155. The number of quaternary nitrogens is 1. The Kier molecular flexibility index (Phi) is 5.50. The summed E-state index contributed by atoms with van der Waals surface area (Å²) in [6, 6.07) is 13.7. The maximum Gasteiger partial charge on any atom is 0.416 e. The van der Waals surface area contributed by atoms with Crippen molar-refractivity contribution in [3.63, 3.8) is 0 Å². The molecule has 1 amide bonds. The number of hydrogen-bond donors (Lipinski definition) is 1. The Hall–Kier alpha value is -2.54. The number of fused-ring (bicyclic) bond motifs is 1. The number of benzene rings is 2. The van der Waals surface area contributed by atoms with Gasteiger partial charge in [-0.25, -0.2) is 0 Å². The molecule has 0 saturated carbocycles. The van der Waals surface area contributed by atoms with Gasteiger partial charge in [0.15, 0.2) is 6.54 Å². The van der Waals surface area contributed by atoms with Gasteiger partial charge < -0.3 is 14.7 Å². The monoisotopic (exact) mass is 404 g/mol. The van der Waals surface area contributed by atoms with Gasteiger partial charge >= 0.3 is 6.18 Å². The van der Waals surface area contributed by atoms with E-state index in [0.29, 0.717) is 31.9 Å². The number of amides is 1. The molecule has 4 nitrogen and oxygen atoms in total. The Labute approximate surface area is 168 Å². The van der Waals surface area contributed by atoms with Gasteiger partial charge in [-0.3, -0.25) is 4.79 Å². The predicted octanol–water partition coefficient (Wildman–Crippen LogP) is 2.00. The van der Waals surface area contributed by atoms with Crippen LogP contribution in [0.3, 0.4) is 0 Å². The van der Waals surface area contributed by atoms with Gasteiger partial charge in [0, 0.05) is 18.8 Å². The highest BCUT2D eigenvalue weighted by atomic mass is 19.4. The molecule has 0 unspecified atom stereocenters. The van der Waals surface area contributed by atoms with Crippen molar-refractivity contribution in [2.24, 2.45) is 0 Å². The first-order chi connectivity index (χ1) is 13.9. The molecule has 1 N–H and O–H groups in total. The molecule has 154 valence electrons. The molecule has 7 heteroatoms. The number of carbonyl (C=O) groups excluding carboxylic acids is 1. The Bertz CT molecular complexity index is 876. The summed E-state index contributed by atoms with van der Waals surface area (Å²) in [5.41, 5.74) is 2.51. The third-order valence-electron chi connectivity index (χ3n) is 5.89. The fraction of sp³-hybridized carbons (Fsp3) is 0.409. The van der Waals surface area contributed by atoms with E-state index in [9.17, 15) is 18.0 Å². The van der Waals surface area contributed by atoms with Crippen LogP contribution >= 0.6 is 0 Å². The largest absolute Gasteiger partial charge is 0.416 e. The first kappa shape index (κ1) is 19.8. The van der Waals surface area contributed by atoms with E-state index in [2.05, 4.69) is 12.1 Å². The first-order valence-corrected chi connectivity index (χ1v) is 10.0. The van der Waals surface area contributed by atoms with Crippen LogP contribution in [0.4, 0.5) is 18.9 Å². The van der Waals surface area contributed by atoms with E-state index in [4.69, 9.17) is 0 Å². The highest BCUT2D eigenvalue weighted by Gasteiger charge is 2.32. The minimum Gasteiger partial charge on any atom is -0.360 e. The average molecular weight is 404 g/mol. The van der Waals surface area contributed by atoms with Crippen LogP contribution in [0.2, 0.25) is 0 Å². The molecular weight excluding hydrogens is 379 g/mol. The van der Waals surface area contributed by atoms with Crippen LogP contribution in [-0.4, -0.2) is 50.1 Å². The number of nitrogens with zero attached hydrogens (tertiary/aromatic N) is 2. The van der Waals surface area contributed by atoms with Crippen molar-refractivity contribution in [2.45, 2.75) is 19.1 Å². The predicted molar refractivity (Wildman–Crippen MR) is 105 cm³/mol. The summed E-state index contributed by atoms with van der Waals surface area (Å²) in [5.74, 6) is 0.155. The molecule has 2 aromatic carbocycles. The number of nitrogens with one attached hydrogen (secondary N) is 1. The number of anilines is 1. The van der Waals surface area contributed by atoms with Crippen LogP contribution in [0, 0.1) is 0 Å². The molecule has 0 atom stereocenters. The van der Waals surface area contributed by atoms with Crippen LogP contribution < -0.4 is 9.80 Å². The number of alkyl halides is 3. The van der Waals surface area contributed by atoms with Gasteiger partial charge in [0.05, 0.1) is 31.7 Å². The van der Waals surface area contributed by atoms with Crippen LogP contribution in [0.25, 0.3) is 0 Å². The molecule has 29 heavy (non-hydrogen) atoms. The van der Waals surface area contributed by atoms with Crippen LogP contribution in [-0.2, 0) is 23.9 Å². The zero-order chi connectivity index (χ0) is 20.4. The molecule has 0 spiro atoms. The normalized spacial score (nSPS) is 17.9. The quantitative estimate of drug-likeness (QED) is 0.848. The third-order valence-corrected chi connectivity index (χ3v) is 5.89. The lowest BCUT2D eigenvalue weighted by molar-refractivity contribution is -0.892. The van der Waals surface area contributed by atoms with Gasteiger partial charge in [0.1, 0.15) is 0 Å². The molecular formula is C22H25F3N3O+. The molecule has 0 aliphatic carbocycles. The molecule has 1 saturated heterocycles. The van der Waals surface area contributed by atoms with Gasteiger partial charge in [0.2, 0.25) is 0 Å². The minimum atomic E-state index is -4.33. The molecule has 4 rings (SSSR count). The van der Waals surface area contributed by atoms with Gasteiger partial charge in [0.25, 0.3) is 5.91 Å². The summed E-state index contributed by atoms with van der Waals surface area (Å²) in [6.45, 7) is 4.63. The van der Waals surface area contributed by atoms with E-state index < -0.39 is 11.7 Å². The summed E-state index contributed by atoms with van der Waals surface area (Å²) in [4.78, 5) is 17.8. The maximum atomic E-state index is 12.9. The second-order valence-corrected chi connectivity index (χ2v) is 7.80. The second kappa shape index (κ2) is 8.06. The smallest absolute Gasteiger partial charge is 0.360 e. The number of carbonyl (C=O) groups is 1. The fourth-order valence-corrected chi connectivity index (χ4v) is 4.17. The van der Waals surface area contributed by atoms with E-state index in [1.54, 1.807) is 6.07 Å². The first-order valence-electron chi connectivity index (χ1n) is 10.0. The van der Waals surface area contributed by atoms with Crippen molar-refractivity contribution < 1.29 is 22.9 Å². The summed E-state index contributed by atoms with van der Waals surface area (Å²) >= 11 is 0. The van der Waals surface area contributed by atoms with Gasteiger partial charge in [-0.15, -0.1) is 0 Å². The Morgan fingerprint density at radius 3 is 2.41 bits per heavy atom. The molecule has 0 aromatic heterocycles. The van der Waals surface area contributed by atoms with E-state index in [1.807, 2.05) is 21.9 Å². The molecule has 2 aromatic rings. The second-order valence-electron chi connectivity index (χ2n) is 7.80. The van der Waals surface area contributed by atoms with E-state index in [-0.39, 0.29) is 5.91 Å². The van der Waals surface area contributed by atoms with Crippen molar-refractivity contribution in [3.8, 4) is 0 Å². The Morgan fingerprint density at radius 1 is 0.966 bits per heavy atom. The zero-order valence-corrected chi connectivity index (χ0v) is 16.2. The van der Waals surface area contributed by atoms with E-state index >= 15 is 0 Å². The lowest BCUT2D eigenvalue weighted by Crippen LogP contribution is -3.15. The number of halogens is 3. The Morgan fingerprint density at radius 2 is 1.69 bits per heavy atom. The topological polar surface area (TPSA) is 28.0 Å².